The summed E-state index contributed by atoms with van der Waals surface area (Å²) in [5.41, 5.74) is 0.325. The van der Waals surface area contributed by atoms with Gasteiger partial charge in [0.05, 0.1) is 12.6 Å². The lowest BCUT2D eigenvalue weighted by molar-refractivity contribution is 0.0920. The van der Waals surface area contributed by atoms with Gasteiger partial charge in [-0.25, -0.2) is 4.79 Å². The zero-order chi connectivity index (χ0) is 15.6. The highest BCUT2D eigenvalue weighted by atomic mass is 16.6. The number of benzene rings is 1. The molecule has 1 N–H and O–H groups in total. The Morgan fingerprint density at radius 1 is 1.36 bits per heavy atom. The van der Waals surface area contributed by atoms with Crippen molar-refractivity contribution in [1.29, 1.82) is 5.26 Å². The molecule has 0 atom stereocenters. The van der Waals surface area contributed by atoms with Crippen molar-refractivity contribution >= 4 is 17.7 Å². The first-order valence-corrected chi connectivity index (χ1v) is 7.42. The lowest BCUT2D eigenvalue weighted by atomic mass is 9.99. The zero-order valence-electron chi connectivity index (χ0n) is 12.2. The van der Waals surface area contributed by atoms with E-state index in [4.69, 9.17) is 4.74 Å². The van der Waals surface area contributed by atoms with E-state index in [2.05, 4.69) is 11.4 Å². The Labute approximate surface area is 128 Å². The first kappa shape index (κ1) is 14.4. The Bertz CT molecular complexity index is 644. The van der Waals surface area contributed by atoms with Gasteiger partial charge in [0.1, 0.15) is 12.1 Å². The third-order valence-corrected chi connectivity index (χ3v) is 4.20. The minimum atomic E-state index is -0.750. The highest BCUT2D eigenvalue weighted by molar-refractivity contribution is 5.97. The van der Waals surface area contributed by atoms with E-state index in [0.29, 0.717) is 37.2 Å². The van der Waals surface area contributed by atoms with Crippen LogP contribution in [0.3, 0.4) is 0 Å². The van der Waals surface area contributed by atoms with Crippen molar-refractivity contribution in [2.45, 2.75) is 31.2 Å². The zero-order valence-corrected chi connectivity index (χ0v) is 12.2. The number of ether oxygens (including phenoxy) is 1. The third kappa shape index (κ3) is 2.62. The maximum Gasteiger partial charge on any atom is 0.414 e. The Morgan fingerprint density at radius 2 is 2.14 bits per heavy atom. The molecule has 3 rings (SSSR count). The van der Waals surface area contributed by atoms with E-state index >= 15 is 0 Å². The van der Waals surface area contributed by atoms with Crippen LogP contribution in [-0.4, -0.2) is 30.7 Å². The van der Waals surface area contributed by atoms with Crippen molar-refractivity contribution in [2.24, 2.45) is 0 Å². The van der Waals surface area contributed by atoms with E-state index in [-0.39, 0.29) is 5.91 Å². The molecule has 1 aromatic rings. The first-order valence-electron chi connectivity index (χ1n) is 7.42. The molecule has 1 aliphatic heterocycles. The van der Waals surface area contributed by atoms with E-state index in [1.165, 1.54) is 4.90 Å². The Morgan fingerprint density at radius 3 is 2.77 bits per heavy atom. The fraction of sp³-hybridized carbons (Fsp3) is 0.438. The number of carbonyl (C=O) groups is 2. The lowest BCUT2D eigenvalue weighted by Crippen LogP contribution is -2.45. The summed E-state index contributed by atoms with van der Waals surface area (Å²) in [5.74, 6) is -0.280. The van der Waals surface area contributed by atoms with Crippen molar-refractivity contribution in [1.82, 2.24) is 5.32 Å². The van der Waals surface area contributed by atoms with Gasteiger partial charge in [-0.3, -0.25) is 9.69 Å². The molecule has 22 heavy (non-hydrogen) atoms. The Kier molecular flexibility index (Phi) is 3.72. The molecule has 1 saturated carbocycles. The Balaban J connectivity index is 1.78. The molecule has 2 amide bonds. The molecular weight excluding hydrogens is 282 g/mol. The van der Waals surface area contributed by atoms with Gasteiger partial charge in [0, 0.05) is 11.3 Å². The number of nitrogens with one attached hydrogen (secondary N) is 1. The van der Waals surface area contributed by atoms with E-state index in [9.17, 15) is 14.9 Å². The van der Waals surface area contributed by atoms with Crippen LogP contribution < -0.4 is 10.2 Å². The first-order chi connectivity index (χ1) is 10.6. The topological polar surface area (TPSA) is 82.4 Å². The van der Waals surface area contributed by atoms with Crippen molar-refractivity contribution in [3.8, 4) is 6.07 Å². The SMILES string of the molecule is N#CC1(NC(=O)c2cccc(N3CCOC3=O)c2)CCCC1. The molecule has 0 aromatic heterocycles. The van der Waals surface area contributed by atoms with Crippen molar-refractivity contribution in [2.75, 3.05) is 18.1 Å². The average molecular weight is 299 g/mol. The van der Waals surface area contributed by atoms with Crippen LogP contribution in [0.2, 0.25) is 0 Å². The molecule has 6 heteroatoms. The van der Waals surface area contributed by atoms with E-state index < -0.39 is 11.6 Å². The standard InChI is InChI=1S/C16H17N3O3/c17-11-16(6-1-2-7-16)18-14(20)12-4-3-5-13(10-12)19-8-9-22-15(19)21/h3-5,10H,1-2,6-9H2,(H,18,20). The van der Waals surface area contributed by atoms with E-state index in [0.717, 1.165) is 12.8 Å². The van der Waals surface area contributed by atoms with Crippen molar-refractivity contribution in [3.63, 3.8) is 0 Å². The molecule has 6 nitrogen and oxygen atoms in total. The number of nitriles is 1. The summed E-state index contributed by atoms with van der Waals surface area (Å²) in [7, 11) is 0. The lowest BCUT2D eigenvalue weighted by Gasteiger charge is -2.22. The number of carbonyl (C=O) groups excluding carboxylic acids is 2. The minimum absolute atomic E-state index is 0.280. The quantitative estimate of drug-likeness (QED) is 0.927. The molecule has 1 saturated heterocycles. The summed E-state index contributed by atoms with van der Waals surface area (Å²) in [4.78, 5) is 25.5. The summed E-state index contributed by atoms with van der Waals surface area (Å²) in [6, 6.07) is 9.06. The van der Waals surface area contributed by atoms with Crippen LogP contribution in [0, 0.1) is 11.3 Å². The molecule has 0 bridgehead atoms. The van der Waals surface area contributed by atoms with Gasteiger partial charge < -0.3 is 10.1 Å². The highest BCUT2D eigenvalue weighted by Crippen LogP contribution is 2.29. The molecule has 1 aliphatic carbocycles. The fourth-order valence-corrected chi connectivity index (χ4v) is 2.98. The molecule has 2 fully saturated rings. The molecule has 0 spiro atoms. The van der Waals surface area contributed by atoms with Crippen molar-refractivity contribution < 1.29 is 14.3 Å². The highest BCUT2D eigenvalue weighted by Gasteiger charge is 2.35. The van der Waals surface area contributed by atoms with Gasteiger partial charge in [0.15, 0.2) is 0 Å². The summed E-state index contributed by atoms with van der Waals surface area (Å²) in [6.07, 6.45) is 2.88. The Hall–Kier alpha value is -2.55. The minimum Gasteiger partial charge on any atom is -0.447 e. The predicted octanol–water partition coefficient (Wildman–Crippen LogP) is 2.21. The summed E-state index contributed by atoms with van der Waals surface area (Å²) >= 11 is 0. The van der Waals surface area contributed by atoms with Crippen LogP contribution in [0.1, 0.15) is 36.0 Å². The number of rotatable bonds is 3. The number of hydrogen-bond donors (Lipinski definition) is 1. The summed E-state index contributed by atoms with van der Waals surface area (Å²) < 4.78 is 4.90. The second-order valence-electron chi connectivity index (χ2n) is 5.67. The summed E-state index contributed by atoms with van der Waals surface area (Å²) in [5, 5.41) is 12.2. The largest absolute Gasteiger partial charge is 0.447 e. The molecule has 114 valence electrons. The van der Waals surface area contributed by atoms with Gasteiger partial charge in [-0.05, 0) is 43.9 Å². The number of nitrogens with zero attached hydrogens (tertiary/aromatic N) is 2. The van der Waals surface area contributed by atoms with Crippen LogP contribution in [0.5, 0.6) is 0 Å². The molecule has 1 heterocycles. The fourth-order valence-electron chi connectivity index (χ4n) is 2.98. The van der Waals surface area contributed by atoms with Crippen LogP contribution >= 0.6 is 0 Å². The molecule has 1 aromatic carbocycles. The van der Waals surface area contributed by atoms with Gasteiger partial charge in [-0.15, -0.1) is 0 Å². The van der Waals surface area contributed by atoms with E-state index in [1.807, 2.05) is 0 Å². The van der Waals surface area contributed by atoms with Crippen molar-refractivity contribution in [3.05, 3.63) is 29.8 Å². The van der Waals surface area contributed by atoms with E-state index in [1.54, 1.807) is 24.3 Å². The number of anilines is 1. The molecule has 2 aliphatic rings. The maximum absolute atomic E-state index is 12.4. The monoisotopic (exact) mass is 299 g/mol. The predicted molar refractivity (Wildman–Crippen MR) is 79.4 cm³/mol. The third-order valence-electron chi connectivity index (χ3n) is 4.20. The van der Waals surface area contributed by atoms with Gasteiger partial charge >= 0.3 is 6.09 Å². The number of amides is 2. The second-order valence-corrected chi connectivity index (χ2v) is 5.67. The number of hydrogen-bond acceptors (Lipinski definition) is 4. The van der Waals surface area contributed by atoms with Gasteiger partial charge in [-0.2, -0.15) is 5.26 Å². The van der Waals surface area contributed by atoms with Gasteiger partial charge in [0.25, 0.3) is 5.91 Å². The maximum atomic E-state index is 12.4. The smallest absolute Gasteiger partial charge is 0.414 e. The number of cyclic esters (lactones) is 1. The van der Waals surface area contributed by atoms with Crippen LogP contribution in [0.25, 0.3) is 0 Å². The molecular formula is C16H17N3O3. The normalized spacial score (nSPS) is 19.6. The van der Waals surface area contributed by atoms with Crippen LogP contribution in [-0.2, 0) is 4.74 Å². The molecule has 0 radical (unpaired) electrons. The van der Waals surface area contributed by atoms with Crippen LogP contribution in [0.15, 0.2) is 24.3 Å². The van der Waals surface area contributed by atoms with Crippen LogP contribution in [0.4, 0.5) is 10.5 Å². The summed E-state index contributed by atoms with van der Waals surface area (Å²) in [6.45, 7) is 0.832. The van der Waals surface area contributed by atoms with Gasteiger partial charge in [0.2, 0.25) is 0 Å². The molecule has 0 unspecified atom stereocenters. The average Bonchev–Trinajstić information content (AvgIpc) is 3.17. The van der Waals surface area contributed by atoms with Gasteiger partial charge in [-0.1, -0.05) is 6.07 Å². The second kappa shape index (κ2) is 5.68.